The summed E-state index contributed by atoms with van der Waals surface area (Å²) in [5.41, 5.74) is 0. The largest absolute Gasteiger partial charge is 0.435 e. The molecule has 5 nitrogen and oxygen atoms in total. The Morgan fingerprint density at radius 1 is 1.21 bits per heavy atom. The Morgan fingerprint density at radius 3 is 2.57 bits per heavy atom. The van der Waals surface area contributed by atoms with Gasteiger partial charge in [-0.25, -0.2) is 4.98 Å². The Bertz CT molecular complexity index is 386. The number of nitrogens with zero attached hydrogens (tertiary/aromatic N) is 3. The summed E-state index contributed by atoms with van der Waals surface area (Å²) in [6.45, 7) is 0. The molecule has 0 bridgehead atoms. The van der Waals surface area contributed by atoms with Gasteiger partial charge in [-0.05, 0) is 0 Å². The van der Waals surface area contributed by atoms with Gasteiger partial charge >= 0.3 is 0 Å². The second kappa shape index (κ2) is 4.55. The van der Waals surface area contributed by atoms with Crippen molar-refractivity contribution in [3.63, 3.8) is 0 Å². The number of hydrogen-bond acceptors (Lipinski definition) is 5. The van der Waals surface area contributed by atoms with Crippen LogP contribution in [0.25, 0.3) is 0 Å². The fraction of sp³-hybridized carbons (Fsp3) is 0.286. The fourth-order valence-corrected chi connectivity index (χ4v) is 1.71. The van der Waals surface area contributed by atoms with E-state index in [9.17, 15) is 0 Å². The highest BCUT2D eigenvalue weighted by Gasteiger charge is 2.06. The minimum absolute atomic E-state index is 0.614. The quantitative estimate of drug-likeness (QED) is 0.716. The van der Waals surface area contributed by atoms with Crippen LogP contribution < -0.4 is 0 Å². The summed E-state index contributed by atoms with van der Waals surface area (Å²) in [6, 6.07) is 0. The molecule has 0 N–H and O–H groups in total. The van der Waals surface area contributed by atoms with E-state index in [-0.39, 0.29) is 0 Å². The first-order chi connectivity index (χ1) is 6.74. The number of aromatic nitrogens is 3. The summed E-state index contributed by atoms with van der Waals surface area (Å²) in [7, 11) is 0. The van der Waals surface area contributed by atoms with Crippen LogP contribution in [0.5, 0.6) is 0 Å². The molecular weight excluding hydrogens is 412 g/mol. The van der Waals surface area contributed by atoms with Gasteiger partial charge in [-0.1, -0.05) is 5.16 Å². The minimum atomic E-state index is 0.614. The highest BCUT2D eigenvalue weighted by Crippen LogP contribution is 2.09. The van der Waals surface area contributed by atoms with E-state index in [1.165, 1.54) is 0 Å². The Hall–Kier alpha value is -0.190. The molecule has 0 aromatic carbocycles. The predicted molar refractivity (Wildman–Crippen MR) is 63.6 cm³/mol. The van der Waals surface area contributed by atoms with Crippen molar-refractivity contribution in [3.8, 4) is 0 Å². The van der Waals surface area contributed by atoms with Crippen LogP contribution in [0.1, 0.15) is 11.8 Å². The first-order valence-electron chi connectivity index (χ1n) is 3.82. The molecule has 2 aromatic heterocycles. The van der Waals surface area contributed by atoms with Gasteiger partial charge in [-0.3, -0.25) is 0 Å². The SMILES string of the molecule is Ic1noc(CCc2ncc(I)o2)n1. The van der Waals surface area contributed by atoms with Crippen LogP contribution in [0.15, 0.2) is 15.1 Å². The zero-order valence-corrected chi connectivity index (χ0v) is 11.2. The highest BCUT2D eigenvalue weighted by atomic mass is 127. The van der Waals surface area contributed by atoms with Crippen molar-refractivity contribution < 1.29 is 8.94 Å². The standard InChI is InChI=1S/C7H5I2N3O2/c8-4-3-10-5(13-4)1-2-6-11-7(9)12-14-6/h3H,1-2H2. The molecule has 0 aliphatic rings. The molecule has 2 rings (SSSR count). The van der Waals surface area contributed by atoms with Crippen LogP contribution in [0.2, 0.25) is 0 Å². The molecule has 14 heavy (non-hydrogen) atoms. The molecule has 0 spiro atoms. The van der Waals surface area contributed by atoms with Crippen LogP contribution in [0.4, 0.5) is 0 Å². The third kappa shape index (κ3) is 2.65. The molecule has 74 valence electrons. The Morgan fingerprint density at radius 2 is 2.00 bits per heavy atom. The van der Waals surface area contributed by atoms with Crippen LogP contribution in [-0.4, -0.2) is 15.1 Å². The van der Waals surface area contributed by atoms with E-state index < -0.39 is 0 Å². The summed E-state index contributed by atoms with van der Waals surface area (Å²) in [5, 5.41) is 3.68. The van der Waals surface area contributed by atoms with Crippen LogP contribution >= 0.6 is 45.2 Å². The average molecular weight is 417 g/mol. The lowest BCUT2D eigenvalue weighted by atomic mass is 10.3. The number of hydrogen-bond donors (Lipinski definition) is 0. The van der Waals surface area contributed by atoms with Crippen LogP contribution in [0, 0.1) is 7.60 Å². The summed E-state index contributed by atoms with van der Waals surface area (Å²) < 4.78 is 11.7. The van der Waals surface area contributed by atoms with Gasteiger partial charge in [-0.15, -0.1) is 0 Å². The molecule has 0 saturated heterocycles. The van der Waals surface area contributed by atoms with Crippen molar-refractivity contribution in [2.24, 2.45) is 0 Å². The van der Waals surface area contributed by atoms with Crippen molar-refractivity contribution in [2.75, 3.05) is 0 Å². The second-order valence-corrected chi connectivity index (χ2v) is 4.54. The smallest absolute Gasteiger partial charge is 0.232 e. The van der Waals surface area contributed by atoms with E-state index in [1.807, 2.05) is 22.6 Å². The van der Waals surface area contributed by atoms with Gasteiger partial charge in [0.2, 0.25) is 9.72 Å². The summed E-state index contributed by atoms with van der Waals surface area (Å²) in [6.07, 6.45) is 3.03. The number of halogens is 2. The normalized spacial score (nSPS) is 10.7. The van der Waals surface area contributed by atoms with Gasteiger partial charge in [0.15, 0.2) is 9.66 Å². The molecule has 0 saturated carbocycles. The third-order valence-corrected chi connectivity index (χ3v) is 2.46. The monoisotopic (exact) mass is 417 g/mol. The van der Waals surface area contributed by atoms with E-state index in [2.05, 4.69) is 37.7 Å². The third-order valence-electron chi connectivity index (χ3n) is 1.52. The summed E-state index contributed by atoms with van der Waals surface area (Å²) >= 11 is 4.08. The minimum Gasteiger partial charge on any atom is -0.435 e. The Balaban J connectivity index is 1.94. The molecular formula is C7H5I2N3O2. The van der Waals surface area contributed by atoms with Crippen molar-refractivity contribution >= 4 is 45.2 Å². The van der Waals surface area contributed by atoms with Gasteiger partial charge < -0.3 is 8.94 Å². The molecule has 7 heteroatoms. The van der Waals surface area contributed by atoms with Crippen molar-refractivity contribution in [2.45, 2.75) is 12.8 Å². The Labute approximate surface area is 107 Å². The van der Waals surface area contributed by atoms with E-state index >= 15 is 0 Å². The maximum Gasteiger partial charge on any atom is 0.232 e. The lowest BCUT2D eigenvalue weighted by molar-refractivity contribution is 0.368. The lowest BCUT2D eigenvalue weighted by Gasteiger charge is -1.89. The molecule has 2 heterocycles. The van der Waals surface area contributed by atoms with Crippen LogP contribution in [-0.2, 0) is 12.8 Å². The number of rotatable bonds is 3. The number of aryl methyl sites for hydroxylation is 2. The van der Waals surface area contributed by atoms with Gasteiger partial charge in [0.25, 0.3) is 0 Å². The van der Waals surface area contributed by atoms with E-state index in [1.54, 1.807) is 6.20 Å². The van der Waals surface area contributed by atoms with Gasteiger partial charge in [0, 0.05) is 58.0 Å². The van der Waals surface area contributed by atoms with Crippen LogP contribution in [0.3, 0.4) is 0 Å². The van der Waals surface area contributed by atoms with Crippen molar-refractivity contribution in [3.05, 3.63) is 25.6 Å². The number of oxazole rings is 1. The molecule has 0 atom stereocenters. The molecule has 0 fully saturated rings. The molecule has 0 aliphatic heterocycles. The zero-order chi connectivity index (χ0) is 9.97. The fourth-order valence-electron chi connectivity index (χ4n) is 0.953. The maximum atomic E-state index is 5.30. The van der Waals surface area contributed by atoms with E-state index in [4.69, 9.17) is 8.94 Å². The van der Waals surface area contributed by atoms with Crippen molar-refractivity contribution in [1.29, 1.82) is 0 Å². The van der Waals surface area contributed by atoms with Gasteiger partial charge in [0.05, 0.1) is 6.20 Å². The molecule has 0 radical (unpaired) electrons. The van der Waals surface area contributed by atoms with E-state index in [0.717, 1.165) is 3.77 Å². The Kier molecular flexibility index (Phi) is 3.36. The predicted octanol–water partition coefficient (Wildman–Crippen LogP) is 2.05. The maximum absolute atomic E-state index is 5.30. The first-order valence-corrected chi connectivity index (χ1v) is 5.98. The topological polar surface area (TPSA) is 65.0 Å². The molecule has 0 amide bonds. The van der Waals surface area contributed by atoms with E-state index in [0.29, 0.717) is 28.5 Å². The second-order valence-electron chi connectivity index (χ2n) is 2.52. The van der Waals surface area contributed by atoms with Gasteiger partial charge in [-0.2, -0.15) is 4.98 Å². The zero-order valence-electron chi connectivity index (χ0n) is 6.91. The molecule has 2 aromatic rings. The van der Waals surface area contributed by atoms with Crippen molar-refractivity contribution in [1.82, 2.24) is 15.1 Å². The lowest BCUT2D eigenvalue weighted by Crippen LogP contribution is -1.91. The summed E-state index contributed by atoms with van der Waals surface area (Å²) in [4.78, 5) is 8.14. The molecule has 0 aliphatic carbocycles. The summed E-state index contributed by atoms with van der Waals surface area (Å²) in [5.74, 6) is 1.31. The first kappa shape index (κ1) is 10.3. The highest BCUT2D eigenvalue weighted by molar-refractivity contribution is 14.1. The molecule has 0 unspecified atom stereocenters. The average Bonchev–Trinajstić information content (AvgIpc) is 2.72. The van der Waals surface area contributed by atoms with Gasteiger partial charge in [0.1, 0.15) is 0 Å².